The van der Waals surface area contributed by atoms with Crippen molar-refractivity contribution < 1.29 is 19.4 Å². The van der Waals surface area contributed by atoms with Gasteiger partial charge >= 0.3 is 0 Å². The van der Waals surface area contributed by atoms with E-state index >= 15 is 4.79 Å². The number of aliphatic hydroxyl groups is 1. The first kappa shape index (κ1) is 33.1. The topological polar surface area (TPSA) is 129 Å². The molecule has 0 spiro atoms. The zero-order chi connectivity index (χ0) is 34.5. The summed E-state index contributed by atoms with van der Waals surface area (Å²) < 4.78 is 13.3. The van der Waals surface area contributed by atoms with Crippen molar-refractivity contribution in [2.75, 3.05) is 13.2 Å². The van der Waals surface area contributed by atoms with Crippen LogP contribution in [0.5, 0.6) is 5.75 Å². The molecular weight excluding hydrogens is 694 g/mol. The largest absolute Gasteiger partial charge is 0.494 e. The number of azide groups is 1. The summed E-state index contributed by atoms with van der Waals surface area (Å²) in [5.74, 6) is 0.674. The molecule has 0 radical (unpaired) electrons. The van der Waals surface area contributed by atoms with E-state index in [2.05, 4.69) is 55.5 Å². The number of amides is 1. The van der Waals surface area contributed by atoms with E-state index in [-0.39, 0.29) is 25.5 Å². The Balaban J connectivity index is 1.37. The van der Waals surface area contributed by atoms with Crippen molar-refractivity contribution in [1.29, 1.82) is 0 Å². The predicted octanol–water partition coefficient (Wildman–Crippen LogP) is 8.41. The maximum atomic E-state index is 15.3. The molecule has 2 aliphatic rings. The van der Waals surface area contributed by atoms with Crippen LogP contribution in [0.1, 0.15) is 51.9 Å². The summed E-state index contributed by atoms with van der Waals surface area (Å²) in [6.45, 7) is 0.569. The highest BCUT2D eigenvalue weighted by atomic mass is 79.9. The van der Waals surface area contributed by atoms with E-state index in [1.165, 1.54) is 0 Å². The monoisotopic (exact) mass is 727 g/mol. The molecule has 0 aromatic heterocycles. The smallest absolute Gasteiger partial charge is 0.253 e. The second-order valence-corrected chi connectivity index (χ2v) is 13.1. The van der Waals surface area contributed by atoms with E-state index < -0.39 is 17.7 Å². The van der Waals surface area contributed by atoms with E-state index in [1.54, 1.807) is 0 Å². The number of hydrogen-bond donors (Lipinski definition) is 2. The minimum atomic E-state index is -1.48. The summed E-state index contributed by atoms with van der Waals surface area (Å²) in [6, 6.07) is 38.6. The number of aliphatic imine (C=N–C) groups is 1. The fraction of sp³-hybridized carbons (Fsp3) is 0.200. The third kappa shape index (κ3) is 6.36. The van der Waals surface area contributed by atoms with Crippen molar-refractivity contribution in [2.24, 2.45) is 10.1 Å². The van der Waals surface area contributed by atoms with Crippen LogP contribution in [0, 0.1) is 0 Å². The molecule has 1 aliphatic carbocycles. The Kier molecular flexibility index (Phi) is 9.67. The number of fused-ring (bicyclic) bond motifs is 3. The molecule has 1 heterocycles. The number of nitrogens with zero attached hydrogens (tertiary/aromatic N) is 4. The summed E-state index contributed by atoms with van der Waals surface area (Å²) >= 11 is 3.74. The zero-order valence-corrected chi connectivity index (χ0v) is 28.7. The molecule has 5 aromatic rings. The highest BCUT2D eigenvalue weighted by Crippen LogP contribution is 2.47. The molecule has 2 N–H and O–H groups in total. The number of nitrogens with one attached hydrogen (secondary N) is 1. The maximum absolute atomic E-state index is 15.3. The van der Waals surface area contributed by atoms with Crippen LogP contribution < -0.4 is 10.1 Å². The van der Waals surface area contributed by atoms with Gasteiger partial charge in [0.2, 0.25) is 5.90 Å². The quantitative estimate of drug-likeness (QED) is 0.0579. The highest BCUT2D eigenvalue weighted by Gasteiger charge is 2.54. The minimum Gasteiger partial charge on any atom is -0.494 e. The molecule has 250 valence electrons. The molecular formula is C40H34BrN5O4. The van der Waals surface area contributed by atoms with Crippen molar-refractivity contribution in [1.82, 2.24) is 5.32 Å². The summed E-state index contributed by atoms with van der Waals surface area (Å²) in [5.41, 5.74) is 14.9. The number of halogens is 1. The van der Waals surface area contributed by atoms with Gasteiger partial charge in [0, 0.05) is 40.0 Å². The minimum absolute atomic E-state index is 0.0489. The lowest BCUT2D eigenvalue weighted by Gasteiger charge is -2.33. The average molecular weight is 729 g/mol. The van der Waals surface area contributed by atoms with Gasteiger partial charge in [-0.25, -0.2) is 4.99 Å². The highest BCUT2D eigenvalue weighted by molar-refractivity contribution is 9.10. The second kappa shape index (κ2) is 14.6. The molecule has 50 heavy (non-hydrogen) atoms. The van der Waals surface area contributed by atoms with Crippen molar-refractivity contribution in [3.05, 3.63) is 170 Å². The van der Waals surface area contributed by atoms with Gasteiger partial charge < -0.3 is 19.9 Å². The molecule has 0 fully saturated rings. The molecule has 10 heteroatoms. The zero-order valence-electron chi connectivity index (χ0n) is 27.1. The van der Waals surface area contributed by atoms with Gasteiger partial charge in [0.1, 0.15) is 5.75 Å². The normalized spacial score (nSPS) is 17.6. The van der Waals surface area contributed by atoms with Gasteiger partial charge in [-0.2, -0.15) is 0 Å². The Morgan fingerprint density at radius 3 is 2.16 bits per heavy atom. The number of hydrogen-bond acceptors (Lipinski definition) is 6. The first-order chi connectivity index (χ1) is 24.5. The van der Waals surface area contributed by atoms with Crippen LogP contribution in [0.25, 0.3) is 21.6 Å². The SMILES string of the molecule is [N-]=[N+]=NCc1ccccc1C[C@@]1(C(=O)NC2c3ccccc3-c3ccccc32)N=C(c2ccc(OCCCO)cc2)O[C@@H]1c1ccccc1Br. The molecule has 9 nitrogen and oxygen atoms in total. The molecule has 0 unspecified atom stereocenters. The standard InChI is InChI=1S/C40H34BrN5O4/c41-35-17-8-7-16-34(35)37-40(24-27-10-1-2-11-28(27)25-43-46-42,45-38(50-37)26-18-20-29(21-19-26)49-23-9-22-47)39(48)44-36-32-14-5-3-12-30(32)31-13-4-6-15-33(31)36/h1-8,10-21,36-37,47H,9,22-25H2,(H,44,48)/t37-,40-/m1/s1. The van der Waals surface area contributed by atoms with Crippen molar-refractivity contribution in [3.8, 4) is 16.9 Å². The molecule has 0 saturated carbocycles. The number of aliphatic hydroxyl groups excluding tert-OH is 1. The van der Waals surface area contributed by atoms with Gasteiger partial charge in [-0.1, -0.05) is 112 Å². The lowest BCUT2D eigenvalue weighted by Crippen LogP contribution is -2.51. The third-order valence-electron chi connectivity index (χ3n) is 9.21. The fourth-order valence-electron chi connectivity index (χ4n) is 6.80. The van der Waals surface area contributed by atoms with Crippen molar-refractivity contribution in [3.63, 3.8) is 0 Å². The Labute approximate surface area is 298 Å². The van der Waals surface area contributed by atoms with Crippen LogP contribution in [-0.4, -0.2) is 35.7 Å². The van der Waals surface area contributed by atoms with Gasteiger partial charge in [0.15, 0.2) is 11.6 Å². The van der Waals surface area contributed by atoms with Crippen molar-refractivity contribution in [2.45, 2.75) is 37.1 Å². The van der Waals surface area contributed by atoms with Crippen LogP contribution in [0.4, 0.5) is 0 Å². The van der Waals surface area contributed by atoms with Crippen LogP contribution >= 0.6 is 15.9 Å². The first-order valence-electron chi connectivity index (χ1n) is 16.4. The predicted molar refractivity (Wildman–Crippen MR) is 196 cm³/mol. The molecule has 7 rings (SSSR count). The summed E-state index contributed by atoms with van der Waals surface area (Å²) in [7, 11) is 0. The number of rotatable bonds is 12. The Bertz CT molecular complexity index is 2070. The first-order valence-corrected chi connectivity index (χ1v) is 17.2. The Morgan fingerprint density at radius 2 is 1.50 bits per heavy atom. The molecule has 1 aliphatic heterocycles. The van der Waals surface area contributed by atoms with Crippen LogP contribution in [0.2, 0.25) is 0 Å². The summed E-state index contributed by atoms with van der Waals surface area (Å²) in [5, 5.41) is 16.4. The Morgan fingerprint density at radius 1 is 0.880 bits per heavy atom. The van der Waals surface area contributed by atoms with Gasteiger partial charge in [-0.05, 0) is 69.2 Å². The van der Waals surface area contributed by atoms with Gasteiger partial charge in [-0.3, -0.25) is 4.79 Å². The second-order valence-electron chi connectivity index (χ2n) is 12.2. The van der Waals surface area contributed by atoms with Crippen molar-refractivity contribution >= 4 is 27.7 Å². The number of benzene rings is 5. The van der Waals surface area contributed by atoms with E-state index in [0.29, 0.717) is 30.2 Å². The Hall–Kier alpha value is -5.41. The molecule has 5 aromatic carbocycles. The van der Waals surface area contributed by atoms with E-state index in [0.717, 1.165) is 43.4 Å². The van der Waals surface area contributed by atoms with Crippen LogP contribution in [0.15, 0.2) is 136 Å². The molecule has 1 amide bonds. The lowest BCUT2D eigenvalue weighted by atomic mass is 9.80. The molecule has 0 bridgehead atoms. The molecule has 0 saturated heterocycles. The van der Waals surface area contributed by atoms with Gasteiger partial charge in [0.05, 0.1) is 19.2 Å². The number of carbonyl (C=O) groups is 1. The van der Waals surface area contributed by atoms with Gasteiger partial charge in [-0.15, -0.1) is 0 Å². The average Bonchev–Trinajstić information content (AvgIpc) is 3.69. The van der Waals surface area contributed by atoms with Crippen LogP contribution in [-0.2, 0) is 22.5 Å². The maximum Gasteiger partial charge on any atom is 0.253 e. The third-order valence-corrected chi connectivity index (χ3v) is 9.93. The fourth-order valence-corrected chi connectivity index (χ4v) is 7.29. The number of carbonyl (C=O) groups excluding carboxylic acids is 1. The lowest BCUT2D eigenvalue weighted by molar-refractivity contribution is -0.129. The van der Waals surface area contributed by atoms with E-state index in [1.807, 2.05) is 97.1 Å². The summed E-state index contributed by atoms with van der Waals surface area (Å²) in [4.78, 5) is 23.5. The van der Waals surface area contributed by atoms with Crippen LogP contribution in [0.3, 0.4) is 0 Å². The molecule has 2 atom stereocenters. The van der Waals surface area contributed by atoms with E-state index in [9.17, 15) is 0 Å². The summed E-state index contributed by atoms with van der Waals surface area (Å²) in [6.07, 6.45) is -0.128. The number of ether oxygens (including phenoxy) is 2. The van der Waals surface area contributed by atoms with E-state index in [4.69, 9.17) is 25.1 Å². The van der Waals surface area contributed by atoms with Gasteiger partial charge in [0.25, 0.3) is 5.91 Å².